The normalized spacial score (nSPS) is 41.6. The molecule has 200 valence electrons. The van der Waals surface area contributed by atoms with E-state index in [0.717, 1.165) is 37.7 Å². The number of halogens is 3. The maximum absolute atomic E-state index is 13.6. The van der Waals surface area contributed by atoms with Crippen LogP contribution in [0.5, 0.6) is 0 Å². The van der Waals surface area contributed by atoms with Crippen LogP contribution in [0.15, 0.2) is 46.9 Å². The van der Waals surface area contributed by atoms with Crippen LogP contribution < -0.4 is 0 Å². The molecule has 0 saturated heterocycles. The summed E-state index contributed by atoms with van der Waals surface area (Å²) in [4.78, 5) is 0.384. The number of hydrogen-bond donors (Lipinski definition) is 1. The predicted molar refractivity (Wildman–Crippen MR) is 134 cm³/mol. The molecule has 1 unspecified atom stereocenters. The van der Waals surface area contributed by atoms with Crippen molar-refractivity contribution in [2.24, 2.45) is 40.4 Å². The molecule has 36 heavy (non-hydrogen) atoms. The Kier molecular flexibility index (Phi) is 6.27. The van der Waals surface area contributed by atoms with Gasteiger partial charge in [-0.2, -0.15) is 13.2 Å². The van der Waals surface area contributed by atoms with Gasteiger partial charge in [-0.3, -0.25) is 0 Å². The number of fused-ring (bicyclic) bond motifs is 5. The highest BCUT2D eigenvalue weighted by molar-refractivity contribution is 7.91. The molecule has 3 saturated carbocycles. The minimum absolute atomic E-state index is 0.0449. The predicted octanol–water partition coefficient (Wildman–Crippen LogP) is 6.97. The van der Waals surface area contributed by atoms with Gasteiger partial charge in [-0.1, -0.05) is 50.6 Å². The number of hydrogen-bond acceptors (Lipinski definition) is 3. The van der Waals surface area contributed by atoms with Crippen molar-refractivity contribution in [3.63, 3.8) is 0 Å². The standard InChI is InChI=1S/C29H39F3O3S/c1-19(18-36(34,35)21-7-5-4-6-8-21)23-11-12-24-22-10-9-20-17-28(33,29(30,31)32)16-15-26(20,2)25(22)13-14-27(23,24)3/h4-9,19,22-25,33H,10-18H2,1-3H3/t19?,22-,23+,24-,25-,26-,27+,28-/m0/s1. The van der Waals surface area contributed by atoms with E-state index in [1.165, 1.54) is 0 Å². The zero-order valence-electron chi connectivity index (χ0n) is 21.5. The van der Waals surface area contributed by atoms with E-state index >= 15 is 0 Å². The fraction of sp³-hybridized carbons (Fsp3) is 0.724. The summed E-state index contributed by atoms with van der Waals surface area (Å²) in [6, 6.07) is 8.69. The lowest BCUT2D eigenvalue weighted by Crippen LogP contribution is -2.55. The molecule has 7 heteroatoms. The van der Waals surface area contributed by atoms with Crippen molar-refractivity contribution in [3.8, 4) is 0 Å². The Bertz CT molecular complexity index is 1130. The number of aliphatic hydroxyl groups is 1. The summed E-state index contributed by atoms with van der Waals surface area (Å²) in [5.74, 6) is 1.72. The van der Waals surface area contributed by atoms with Crippen molar-refractivity contribution in [3.05, 3.63) is 42.0 Å². The van der Waals surface area contributed by atoms with Crippen molar-refractivity contribution < 1.29 is 26.7 Å². The molecule has 4 aliphatic carbocycles. The van der Waals surface area contributed by atoms with E-state index in [1.54, 1.807) is 24.3 Å². The molecule has 0 aromatic heterocycles. The topological polar surface area (TPSA) is 54.4 Å². The highest BCUT2D eigenvalue weighted by Crippen LogP contribution is 2.68. The third kappa shape index (κ3) is 3.98. The smallest absolute Gasteiger partial charge is 0.380 e. The van der Waals surface area contributed by atoms with Crippen LogP contribution in [0.4, 0.5) is 13.2 Å². The zero-order chi connectivity index (χ0) is 26.1. The van der Waals surface area contributed by atoms with Gasteiger partial charge in [-0.05, 0) is 97.5 Å². The summed E-state index contributed by atoms with van der Waals surface area (Å²) >= 11 is 0. The highest BCUT2D eigenvalue weighted by atomic mass is 32.2. The van der Waals surface area contributed by atoms with Crippen LogP contribution in [0.3, 0.4) is 0 Å². The molecule has 5 rings (SSSR count). The van der Waals surface area contributed by atoms with Crippen LogP contribution in [-0.2, 0) is 9.84 Å². The molecular formula is C29H39F3O3S. The van der Waals surface area contributed by atoms with Gasteiger partial charge in [0.1, 0.15) is 0 Å². The first-order valence-corrected chi connectivity index (χ1v) is 15.1. The summed E-state index contributed by atoms with van der Waals surface area (Å²) in [6.45, 7) is 6.57. The van der Waals surface area contributed by atoms with Crippen molar-refractivity contribution >= 4 is 9.84 Å². The Morgan fingerprint density at radius 1 is 1.03 bits per heavy atom. The Labute approximate surface area is 213 Å². The third-order valence-electron chi connectivity index (χ3n) is 11.0. The molecule has 0 radical (unpaired) electrons. The molecule has 0 bridgehead atoms. The largest absolute Gasteiger partial charge is 0.417 e. The summed E-state index contributed by atoms with van der Waals surface area (Å²) in [5.41, 5.74) is -2.04. The fourth-order valence-corrected chi connectivity index (χ4v) is 10.7. The molecule has 0 spiro atoms. The van der Waals surface area contributed by atoms with Crippen LogP contribution in [0, 0.1) is 40.4 Å². The Morgan fingerprint density at radius 2 is 1.72 bits per heavy atom. The van der Waals surface area contributed by atoms with Crippen molar-refractivity contribution in [1.82, 2.24) is 0 Å². The monoisotopic (exact) mass is 524 g/mol. The molecule has 1 N–H and O–H groups in total. The second-order valence-electron chi connectivity index (χ2n) is 12.8. The summed E-state index contributed by atoms with van der Waals surface area (Å²) in [7, 11) is -3.36. The van der Waals surface area contributed by atoms with Gasteiger partial charge in [0, 0.05) is 6.42 Å². The SMILES string of the molecule is CC(CS(=O)(=O)c1ccccc1)[C@H]1CC[C@H]2[C@@H]3CC=C4C[C@](O)(C(F)(F)F)CC[C@]4(C)[C@H]3CC[C@]12C. The fourth-order valence-electron chi connectivity index (χ4n) is 9.05. The lowest BCUT2D eigenvalue weighted by Gasteiger charge is -2.59. The van der Waals surface area contributed by atoms with Crippen LogP contribution >= 0.6 is 0 Å². The van der Waals surface area contributed by atoms with Gasteiger partial charge < -0.3 is 5.11 Å². The number of sulfone groups is 1. The molecule has 1 aromatic rings. The van der Waals surface area contributed by atoms with Gasteiger partial charge in [-0.15, -0.1) is 0 Å². The van der Waals surface area contributed by atoms with Crippen LogP contribution in [0.2, 0.25) is 0 Å². The van der Waals surface area contributed by atoms with E-state index in [1.807, 2.05) is 12.1 Å². The molecule has 8 atom stereocenters. The summed E-state index contributed by atoms with van der Waals surface area (Å²) in [6.07, 6.45) is 2.06. The number of allylic oxidation sites excluding steroid dienone is 1. The molecule has 3 nitrogen and oxygen atoms in total. The first kappa shape index (κ1) is 26.3. The second-order valence-corrected chi connectivity index (χ2v) is 14.8. The first-order valence-electron chi connectivity index (χ1n) is 13.5. The number of rotatable bonds is 4. The van der Waals surface area contributed by atoms with Gasteiger partial charge in [0.25, 0.3) is 0 Å². The average molecular weight is 525 g/mol. The Hall–Kier alpha value is -1.34. The minimum atomic E-state index is -4.61. The van der Waals surface area contributed by atoms with Gasteiger partial charge in [0.05, 0.1) is 10.6 Å². The molecule has 3 fully saturated rings. The lowest BCUT2D eigenvalue weighted by atomic mass is 9.46. The second kappa shape index (κ2) is 8.59. The number of benzene rings is 1. The molecule has 1 aromatic carbocycles. The maximum Gasteiger partial charge on any atom is 0.417 e. The van der Waals surface area contributed by atoms with Crippen molar-refractivity contribution in [2.75, 3.05) is 5.75 Å². The van der Waals surface area contributed by atoms with Crippen molar-refractivity contribution in [2.45, 2.75) is 88.8 Å². The van der Waals surface area contributed by atoms with Gasteiger partial charge in [-0.25, -0.2) is 8.42 Å². The maximum atomic E-state index is 13.6. The van der Waals surface area contributed by atoms with Gasteiger partial charge >= 0.3 is 6.18 Å². The summed E-state index contributed by atoms with van der Waals surface area (Å²) in [5, 5.41) is 10.4. The third-order valence-corrected chi connectivity index (χ3v) is 13.0. The summed E-state index contributed by atoms with van der Waals surface area (Å²) < 4.78 is 67.0. The van der Waals surface area contributed by atoms with Crippen LogP contribution in [0.25, 0.3) is 0 Å². The van der Waals surface area contributed by atoms with E-state index < -0.39 is 21.6 Å². The highest BCUT2D eigenvalue weighted by Gasteiger charge is 2.63. The quantitative estimate of drug-likeness (QED) is 0.433. The molecular weight excluding hydrogens is 485 g/mol. The molecule has 4 aliphatic rings. The van der Waals surface area contributed by atoms with E-state index in [0.29, 0.717) is 35.0 Å². The van der Waals surface area contributed by atoms with Crippen molar-refractivity contribution in [1.29, 1.82) is 0 Å². The van der Waals surface area contributed by atoms with E-state index in [-0.39, 0.29) is 35.3 Å². The first-order chi connectivity index (χ1) is 16.7. The van der Waals surface area contributed by atoms with E-state index in [2.05, 4.69) is 20.8 Å². The number of alkyl halides is 3. The van der Waals surface area contributed by atoms with E-state index in [4.69, 9.17) is 0 Å². The van der Waals surface area contributed by atoms with Crippen LogP contribution in [0.1, 0.15) is 72.1 Å². The molecule has 0 heterocycles. The molecule has 0 aliphatic heterocycles. The Morgan fingerprint density at radius 3 is 2.39 bits per heavy atom. The zero-order valence-corrected chi connectivity index (χ0v) is 22.3. The minimum Gasteiger partial charge on any atom is -0.380 e. The van der Waals surface area contributed by atoms with Gasteiger partial charge in [0.2, 0.25) is 0 Å². The van der Waals surface area contributed by atoms with E-state index in [9.17, 15) is 26.7 Å². The van der Waals surface area contributed by atoms with Gasteiger partial charge in [0.15, 0.2) is 15.4 Å². The lowest BCUT2D eigenvalue weighted by molar-refractivity contribution is -0.271. The molecule has 0 amide bonds. The Balaban J connectivity index is 1.36. The average Bonchev–Trinajstić information content (AvgIpc) is 3.16. The van der Waals surface area contributed by atoms with Crippen LogP contribution in [-0.4, -0.2) is 31.1 Å².